The zero-order chi connectivity index (χ0) is 15.4. The molecular formula is C12H17ClN4O5. The highest BCUT2D eigenvalue weighted by Gasteiger charge is 2.24. The van der Waals surface area contributed by atoms with Gasteiger partial charge >= 0.3 is 5.88 Å². The summed E-state index contributed by atoms with van der Waals surface area (Å²) in [5.74, 6) is -1.38. The number of hydrogen-bond acceptors (Lipinski definition) is 6. The standard InChI is InChI=1S/C12H16N4O5.ClH/c1-14(8-10(17)15-6-4-13-5-7-15)12(18)9-2-3-11(21-9)16(19)20;/h2-3,13H,4-8H2,1H3;1H. The summed E-state index contributed by atoms with van der Waals surface area (Å²) in [6.07, 6.45) is 0. The van der Waals surface area contributed by atoms with Gasteiger partial charge in [-0.15, -0.1) is 12.4 Å². The number of carbonyl (C=O) groups excluding carboxylic acids is 2. The normalized spacial score (nSPS) is 14.1. The Morgan fingerprint density at radius 3 is 2.59 bits per heavy atom. The molecule has 122 valence electrons. The lowest BCUT2D eigenvalue weighted by Gasteiger charge is -2.29. The Bertz CT molecular complexity index is 555. The van der Waals surface area contributed by atoms with E-state index in [0.717, 1.165) is 19.2 Å². The van der Waals surface area contributed by atoms with Crippen LogP contribution in [0.4, 0.5) is 5.88 Å². The Morgan fingerprint density at radius 1 is 1.41 bits per heavy atom. The zero-order valence-corrected chi connectivity index (χ0v) is 12.8. The number of amides is 2. The number of halogens is 1. The van der Waals surface area contributed by atoms with Gasteiger partial charge in [-0.05, 0) is 6.07 Å². The van der Waals surface area contributed by atoms with Crippen molar-refractivity contribution in [1.82, 2.24) is 15.1 Å². The quantitative estimate of drug-likeness (QED) is 0.619. The monoisotopic (exact) mass is 332 g/mol. The lowest BCUT2D eigenvalue weighted by Crippen LogP contribution is -2.49. The predicted octanol–water partition coefficient (Wildman–Crippen LogP) is 0.113. The van der Waals surface area contributed by atoms with Gasteiger partial charge in [-0.3, -0.25) is 19.7 Å². The molecule has 1 N–H and O–H groups in total. The minimum absolute atomic E-state index is 0. The van der Waals surface area contributed by atoms with Gasteiger partial charge in [0.1, 0.15) is 4.92 Å². The number of nitrogens with zero attached hydrogens (tertiary/aromatic N) is 3. The highest BCUT2D eigenvalue weighted by molar-refractivity contribution is 5.94. The molecule has 22 heavy (non-hydrogen) atoms. The zero-order valence-electron chi connectivity index (χ0n) is 12.0. The summed E-state index contributed by atoms with van der Waals surface area (Å²) in [5.41, 5.74) is 0. The van der Waals surface area contributed by atoms with Crippen molar-refractivity contribution in [3.05, 3.63) is 28.0 Å². The Labute approximate surface area is 132 Å². The minimum Gasteiger partial charge on any atom is -0.395 e. The molecule has 2 amide bonds. The second kappa shape index (κ2) is 7.76. The molecule has 0 saturated carbocycles. The molecule has 1 saturated heterocycles. The van der Waals surface area contributed by atoms with Crippen LogP contribution in [0, 0.1) is 10.1 Å². The van der Waals surface area contributed by atoms with Gasteiger partial charge in [0.05, 0.1) is 12.6 Å². The van der Waals surface area contributed by atoms with Crippen molar-refractivity contribution in [2.24, 2.45) is 0 Å². The molecular weight excluding hydrogens is 316 g/mol. The molecule has 0 unspecified atom stereocenters. The van der Waals surface area contributed by atoms with E-state index in [1.54, 1.807) is 4.90 Å². The van der Waals surface area contributed by atoms with Crippen LogP contribution >= 0.6 is 12.4 Å². The molecule has 2 heterocycles. The van der Waals surface area contributed by atoms with E-state index in [2.05, 4.69) is 5.32 Å². The maximum absolute atomic E-state index is 12.0. The van der Waals surface area contributed by atoms with E-state index in [1.807, 2.05) is 0 Å². The van der Waals surface area contributed by atoms with Crippen LogP contribution in [-0.4, -0.2) is 66.3 Å². The molecule has 1 aromatic heterocycles. The fourth-order valence-electron chi connectivity index (χ4n) is 2.02. The highest BCUT2D eigenvalue weighted by atomic mass is 35.5. The molecule has 1 aliphatic heterocycles. The van der Waals surface area contributed by atoms with Gasteiger partial charge in [0, 0.05) is 33.2 Å². The van der Waals surface area contributed by atoms with Crippen molar-refractivity contribution in [3.63, 3.8) is 0 Å². The molecule has 2 rings (SSSR count). The molecule has 9 nitrogen and oxygen atoms in total. The third-order valence-corrected chi connectivity index (χ3v) is 3.17. The summed E-state index contributed by atoms with van der Waals surface area (Å²) in [7, 11) is 1.46. The first kappa shape index (κ1) is 17.9. The number of carbonyl (C=O) groups is 2. The van der Waals surface area contributed by atoms with Crippen LogP contribution in [0.5, 0.6) is 0 Å². The van der Waals surface area contributed by atoms with Crippen LogP contribution in [0.2, 0.25) is 0 Å². The van der Waals surface area contributed by atoms with E-state index in [1.165, 1.54) is 18.0 Å². The van der Waals surface area contributed by atoms with Gasteiger partial charge in [0.2, 0.25) is 5.91 Å². The van der Waals surface area contributed by atoms with Crippen LogP contribution in [-0.2, 0) is 4.79 Å². The molecule has 10 heteroatoms. The van der Waals surface area contributed by atoms with Crippen molar-refractivity contribution < 1.29 is 18.9 Å². The third-order valence-electron chi connectivity index (χ3n) is 3.17. The fraction of sp³-hybridized carbons (Fsp3) is 0.500. The van der Waals surface area contributed by atoms with Gasteiger partial charge in [-0.25, -0.2) is 0 Å². The van der Waals surface area contributed by atoms with Crippen molar-refractivity contribution >= 4 is 30.1 Å². The maximum Gasteiger partial charge on any atom is 0.433 e. The van der Waals surface area contributed by atoms with E-state index < -0.39 is 16.7 Å². The van der Waals surface area contributed by atoms with E-state index >= 15 is 0 Å². The van der Waals surface area contributed by atoms with E-state index in [9.17, 15) is 19.7 Å². The van der Waals surface area contributed by atoms with Gasteiger partial charge in [-0.1, -0.05) is 0 Å². The molecule has 1 aromatic rings. The number of nitro groups is 1. The van der Waals surface area contributed by atoms with Crippen LogP contribution < -0.4 is 5.32 Å². The highest BCUT2D eigenvalue weighted by Crippen LogP contribution is 2.16. The van der Waals surface area contributed by atoms with Crippen LogP contribution in [0.25, 0.3) is 0 Å². The first-order valence-electron chi connectivity index (χ1n) is 6.47. The number of likely N-dealkylation sites (N-methyl/N-ethyl adjacent to an activating group) is 1. The Hall–Kier alpha value is -2.13. The van der Waals surface area contributed by atoms with E-state index in [4.69, 9.17) is 4.42 Å². The van der Waals surface area contributed by atoms with E-state index in [-0.39, 0.29) is 30.6 Å². The van der Waals surface area contributed by atoms with Crippen LogP contribution in [0.1, 0.15) is 10.6 Å². The summed E-state index contributed by atoms with van der Waals surface area (Å²) in [5, 5.41) is 13.6. The number of furan rings is 1. The third kappa shape index (κ3) is 4.18. The largest absolute Gasteiger partial charge is 0.433 e. The van der Waals surface area contributed by atoms with Crippen molar-refractivity contribution in [2.45, 2.75) is 0 Å². The first-order valence-corrected chi connectivity index (χ1v) is 6.47. The smallest absolute Gasteiger partial charge is 0.395 e. The number of hydrogen-bond donors (Lipinski definition) is 1. The van der Waals surface area contributed by atoms with Crippen molar-refractivity contribution in [3.8, 4) is 0 Å². The number of rotatable bonds is 4. The predicted molar refractivity (Wildman–Crippen MR) is 79.0 cm³/mol. The van der Waals surface area contributed by atoms with Crippen molar-refractivity contribution in [1.29, 1.82) is 0 Å². The molecule has 0 atom stereocenters. The Balaban J connectivity index is 0.00000242. The van der Waals surface area contributed by atoms with E-state index in [0.29, 0.717) is 13.1 Å². The molecule has 0 bridgehead atoms. The summed E-state index contributed by atoms with van der Waals surface area (Å²) >= 11 is 0. The molecule has 1 aliphatic rings. The maximum atomic E-state index is 12.0. The first-order chi connectivity index (χ1) is 9.99. The Kier molecular flexibility index (Phi) is 6.32. The topological polar surface area (TPSA) is 109 Å². The van der Waals surface area contributed by atoms with Gasteiger partial charge in [-0.2, -0.15) is 0 Å². The summed E-state index contributed by atoms with van der Waals surface area (Å²) in [6.45, 7) is 2.58. The number of nitrogens with one attached hydrogen (secondary N) is 1. The van der Waals surface area contributed by atoms with Crippen molar-refractivity contribution in [2.75, 3.05) is 39.8 Å². The second-order valence-corrected chi connectivity index (χ2v) is 4.69. The molecule has 0 aliphatic carbocycles. The second-order valence-electron chi connectivity index (χ2n) is 4.69. The summed E-state index contributed by atoms with van der Waals surface area (Å²) in [4.78, 5) is 36.7. The average molecular weight is 333 g/mol. The Morgan fingerprint density at radius 2 is 2.05 bits per heavy atom. The van der Waals surface area contributed by atoms with Gasteiger partial charge in [0.15, 0.2) is 5.76 Å². The van der Waals surface area contributed by atoms with Gasteiger partial charge < -0.3 is 19.5 Å². The fourth-order valence-corrected chi connectivity index (χ4v) is 2.02. The number of piperazine rings is 1. The van der Waals surface area contributed by atoms with Gasteiger partial charge in [0.25, 0.3) is 5.91 Å². The molecule has 0 radical (unpaired) electrons. The van der Waals surface area contributed by atoms with Crippen LogP contribution in [0.3, 0.4) is 0 Å². The average Bonchev–Trinajstić information content (AvgIpc) is 2.97. The molecule has 0 aromatic carbocycles. The minimum atomic E-state index is -0.720. The molecule has 0 spiro atoms. The SMILES string of the molecule is CN(CC(=O)N1CCNCC1)C(=O)c1ccc([N+](=O)[O-])o1.Cl. The summed E-state index contributed by atoms with van der Waals surface area (Å²) < 4.78 is 4.83. The molecule has 1 fully saturated rings. The van der Waals surface area contributed by atoms with Crippen LogP contribution in [0.15, 0.2) is 16.5 Å². The lowest BCUT2D eigenvalue weighted by atomic mass is 10.3. The lowest BCUT2D eigenvalue weighted by molar-refractivity contribution is -0.402. The summed E-state index contributed by atoms with van der Waals surface area (Å²) in [6, 6.07) is 2.34.